The molecule has 8 heteroatoms. The first kappa shape index (κ1) is 15.7. The van der Waals surface area contributed by atoms with Crippen LogP contribution < -0.4 is 16.0 Å². The van der Waals surface area contributed by atoms with Crippen molar-refractivity contribution in [3.8, 4) is 0 Å². The smallest absolute Gasteiger partial charge is 0.236 e. The summed E-state index contributed by atoms with van der Waals surface area (Å²) in [6.07, 6.45) is 1.99. The van der Waals surface area contributed by atoms with Crippen LogP contribution >= 0.6 is 11.3 Å². The maximum atomic E-state index is 11.2. The summed E-state index contributed by atoms with van der Waals surface area (Å²) < 4.78 is 7.08. The van der Waals surface area contributed by atoms with Gasteiger partial charge in [0.15, 0.2) is 10.8 Å². The summed E-state index contributed by atoms with van der Waals surface area (Å²) in [6.45, 7) is 4.91. The quantitative estimate of drug-likeness (QED) is 0.657. The first-order valence-electron chi connectivity index (χ1n) is 6.84. The number of methoxy groups -OCH3 is 1. The van der Waals surface area contributed by atoms with Gasteiger partial charge in [0.25, 0.3) is 0 Å². The Morgan fingerprint density at radius 3 is 3.10 bits per heavy atom. The number of amides is 1. The third-order valence-corrected chi connectivity index (χ3v) is 3.90. The first-order valence-corrected chi connectivity index (χ1v) is 7.72. The number of aromatic nitrogens is 2. The topological polar surface area (TPSA) is 84.9 Å². The third-order valence-electron chi connectivity index (χ3n) is 3.14. The molecule has 0 aromatic carbocycles. The van der Waals surface area contributed by atoms with Crippen LogP contribution in [0.4, 0.5) is 5.82 Å². The maximum Gasteiger partial charge on any atom is 0.236 e. The van der Waals surface area contributed by atoms with Gasteiger partial charge in [-0.1, -0.05) is 0 Å². The van der Waals surface area contributed by atoms with Crippen LogP contribution in [-0.4, -0.2) is 48.6 Å². The average Bonchev–Trinajstić information content (AvgIpc) is 3.02. The summed E-state index contributed by atoms with van der Waals surface area (Å²) >= 11 is 1.57. The van der Waals surface area contributed by atoms with Gasteiger partial charge in [-0.25, -0.2) is 4.98 Å². The Morgan fingerprint density at radius 1 is 1.62 bits per heavy atom. The van der Waals surface area contributed by atoms with Gasteiger partial charge in [-0.2, -0.15) is 0 Å². The number of imidazole rings is 1. The highest BCUT2D eigenvalue weighted by molar-refractivity contribution is 7.15. The number of likely N-dealkylation sites (N-methyl/N-ethyl adjacent to an activating group) is 1. The first-order chi connectivity index (χ1) is 10.2. The zero-order valence-electron chi connectivity index (χ0n) is 12.3. The largest absolute Gasteiger partial charge is 0.383 e. The summed E-state index contributed by atoms with van der Waals surface area (Å²) in [6, 6.07) is 0. The lowest BCUT2D eigenvalue weighted by Crippen LogP contribution is -2.35. The Balaban J connectivity index is 2.24. The Labute approximate surface area is 127 Å². The van der Waals surface area contributed by atoms with E-state index in [0.29, 0.717) is 19.7 Å². The lowest BCUT2D eigenvalue weighted by molar-refractivity contribution is -0.116. The van der Waals surface area contributed by atoms with Crippen LogP contribution in [0.3, 0.4) is 0 Å². The number of primary amides is 1. The van der Waals surface area contributed by atoms with E-state index in [2.05, 4.69) is 10.3 Å². The fourth-order valence-corrected chi connectivity index (χ4v) is 2.87. The molecule has 2 rings (SSSR count). The van der Waals surface area contributed by atoms with E-state index in [1.165, 1.54) is 0 Å². The summed E-state index contributed by atoms with van der Waals surface area (Å²) in [7, 11) is 1.68. The molecule has 0 aliphatic carbocycles. The molecule has 21 heavy (non-hydrogen) atoms. The van der Waals surface area contributed by atoms with Gasteiger partial charge < -0.3 is 20.7 Å². The number of carbonyl (C=O) groups excluding carboxylic acids is 1. The highest BCUT2D eigenvalue weighted by atomic mass is 32.1. The van der Waals surface area contributed by atoms with E-state index in [1.54, 1.807) is 18.4 Å². The molecule has 0 saturated carbocycles. The minimum absolute atomic E-state index is 0.173. The van der Waals surface area contributed by atoms with Crippen molar-refractivity contribution < 1.29 is 9.53 Å². The van der Waals surface area contributed by atoms with Gasteiger partial charge in [-0.05, 0) is 6.92 Å². The molecule has 0 unspecified atom stereocenters. The number of nitrogens with one attached hydrogen (secondary N) is 1. The molecule has 0 radical (unpaired) electrons. The van der Waals surface area contributed by atoms with Crippen LogP contribution in [0.5, 0.6) is 0 Å². The van der Waals surface area contributed by atoms with Crippen molar-refractivity contribution in [1.82, 2.24) is 14.7 Å². The SMILES string of the molecule is CCN(CC(N)=O)c1nc2sccn2c1CNCCOC. The number of hydrogen-bond acceptors (Lipinski definition) is 6. The number of rotatable bonds is 9. The number of thiazole rings is 1. The minimum Gasteiger partial charge on any atom is -0.383 e. The van der Waals surface area contributed by atoms with E-state index in [0.717, 1.165) is 23.0 Å². The van der Waals surface area contributed by atoms with Gasteiger partial charge >= 0.3 is 0 Å². The van der Waals surface area contributed by atoms with Gasteiger partial charge in [-0.3, -0.25) is 9.20 Å². The number of carbonyl (C=O) groups is 1. The molecule has 0 atom stereocenters. The molecule has 0 fully saturated rings. The molecule has 0 aliphatic rings. The molecule has 0 bridgehead atoms. The van der Waals surface area contributed by atoms with Gasteiger partial charge in [-0.15, -0.1) is 11.3 Å². The number of fused-ring (bicyclic) bond motifs is 1. The highest BCUT2D eigenvalue weighted by Gasteiger charge is 2.19. The molecular formula is C13H21N5O2S. The predicted octanol–water partition coefficient (Wildman–Crippen LogP) is 0.443. The Kier molecular flexibility index (Phi) is 5.54. The molecule has 2 heterocycles. The van der Waals surface area contributed by atoms with Crippen molar-refractivity contribution in [1.29, 1.82) is 0 Å². The fraction of sp³-hybridized carbons (Fsp3) is 0.538. The van der Waals surface area contributed by atoms with Crippen LogP contribution in [0, 0.1) is 0 Å². The summed E-state index contributed by atoms with van der Waals surface area (Å²) in [5.74, 6) is 0.458. The number of nitrogens with two attached hydrogens (primary N) is 1. The number of anilines is 1. The zero-order valence-corrected chi connectivity index (χ0v) is 13.2. The van der Waals surface area contributed by atoms with E-state index in [9.17, 15) is 4.79 Å². The number of nitrogens with zero attached hydrogens (tertiary/aromatic N) is 3. The molecule has 2 aromatic rings. The van der Waals surface area contributed by atoms with Crippen LogP contribution in [-0.2, 0) is 16.1 Å². The molecule has 2 aromatic heterocycles. The van der Waals surface area contributed by atoms with Crippen LogP contribution in [0.2, 0.25) is 0 Å². The van der Waals surface area contributed by atoms with Crippen LogP contribution in [0.25, 0.3) is 4.96 Å². The van der Waals surface area contributed by atoms with Crippen LogP contribution in [0.1, 0.15) is 12.6 Å². The van der Waals surface area contributed by atoms with E-state index in [4.69, 9.17) is 10.5 Å². The van der Waals surface area contributed by atoms with Crippen molar-refractivity contribution in [3.05, 3.63) is 17.3 Å². The normalized spacial score (nSPS) is 11.1. The standard InChI is InChI=1S/C13H21N5O2S/c1-3-17(9-11(14)19)12-10(8-15-4-6-20-2)18-5-7-21-13(18)16-12/h5,7,15H,3-4,6,8-9H2,1-2H3,(H2,14,19). The fourth-order valence-electron chi connectivity index (χ4n) is 2.14. The van der Waals surface area contributed by atoms with E-state index in [1.807, 2.05) is 27.8 Å². The molecular weight excluding hydrogens is 290 g/mol. The van der Waals surface area contributed by atoms with Crippen molar-refractivity contribution in [2.75, 3.05) is 38.3 Å². The van der Waals surface area contributed by atoms with Gasteiger partial charge in [0, 0.05) is 38.3 Å². The Hall–Kier alpha value is -1.64. The van der Waals surface area contributed by atoms with Gasteiger partial charge in [0.2, 0.25) is 5.91 Å². The van der Waals surface area contributed by atoms with Gasteiger partial charge in [0.05, 0.1) is 18.8 Å². The van der Waals surface area contributed by atoms with Crippen molar-refractivity contribution in [2.24, 2.45) is 5.73 Å². The molecule has 0 saturated heterocycles. The predicted molar refractivity (Wildman–Crippen MR) is 83.7 cm³/mol. The molecule has 0 spiro atoms. The van der Waals surface area contributed by atoms with Crippen molar-refractivity contribution in [3.63, 3.8) is 0 Å². The molecule has 0 aliphatic heterocycles. The number of ether oxygens (including phenoxy) is 1. The van der Waals surface area contributed by atoms with E-state index < -0.39 is 0 Å². The lowest BCUT2D eigenvalue weighted by Gasteiger charge is -2.20. The second kappa shape index (κ2) is 7.39. The third kappa shape index (κ3) is 3.72. The summed E-state index contributed by atoms with van der Waals surface area (Å²) in [4.78, 5) is 18.7. The molecule has 1 amide bonds. The van der Waals surface area contributed by atoms with Crippen LogP contribution in [0.15, 0.2) is 11.6 Å². The molecule has 116 valence electrons. The second-order valence-corrected chi connectivity index (χ2v) is 5.46. The highest BCUT2D eigenvalue weighted by Crippen LogP contribution is 2.24. The molecule has 3 N–H and O–H groups in total. The maximum absolute atomic E-state index is 11.2. The molecule has 7 nitrogen and oxygen atoms in total. The minimum atomic E-state index is -0.355. The monoisotopic (exact) mass is 311 g/mol. The van der Waals surface area contributed by atoms with E-state index >= 15 is 0 Å². The lowest BCUT2D eigenvalue weighted by atomic mass is 10.3. The van der Waals surface area contributed by atoms with Crippen molar-refractivity contribution in [2.45, 2.75) is 13.5 Å². The van der Waals surface area contributed by atoms with Crippen molar-refractivity contribution >= 4 is 28.0 Å². The second-order valence-electron chi connectivity index (χ2n) is 4.59. The summed E-state index contributed by atoms with van der Waals surface area (Å²) in [5.41, 5.74) is 6.35. The average molecular weight is 311 g/mol. The number of hydrogen-bond donors (Lipinski definition) is 2. The Morgan fingerprint density at radius 2 is 2.43 bits per heavy atom. The van der Waals surface area contributed by atoms with Gasteiger partial charge in [0.1, 0.15) is 0 Å². The van der Waals surface area contributed by atoms with E-state index in [-0.39, 0.29) is 12.5 Å². The summed E-state index contributed by atoms with van der Waals surface area (Å²) in [5, 5.41) is 5.31. The zero-order chi connectivity index (χ0) is 15.2. The Bertz CT molecular complexity index is 594.